The van der Waals surface area contributed by atoms with Gasteiger partial charge < -0.3 is 5.32 Å². The van der Waals surface area contributed by atoms with Crippen LogP contribution in [0.4, 0.5) is 4.39 Å². The maximum absolute atomic E-state index is 12.8. The number of tetrazole rings is 1. The van der Waals surface area contributed by atoms with Gasteiger partial charge >= 0.3 is 0 Å². The van der Waals surface area contributed by atoms with Crippen LogP contribution in [0.5, 0.6) is 0 Å². The van der Waals surface area contributed by atoms with Gasteiger partial charge in [0.1, 0.15) is 5.82 Å². The first-order chi connectivity index (χ1) is 10.6. The Labute approximate surface area is 132 Å². The summed E-state index contributed by atoms with van der Waals surface area (Å²) in [5.41, 5.74) is 0.864. The van der Waals surface area contributed by atoms with Crippen LogP contribution in [0.25, 0.3) is 0 Å². The summed E-state index contributed by atoms with van der Waals surface area (Å²) in [6.45, 7) is 4.39. The summed E-state index contributed by atoms with van der Waals surface area (Å²) in [7, 11) is 0. The van der Waals surface area contributed by atoms with Crippen molar-refractivity contribution in [2.24, 2.45) is 0 Å². The van der Waals surface area contributed by atoms with Crippen molar-refractivity contribution >= 4 is 17.7 Å². The maximum atomic E-state index is 12.8. The van der Waals surface area contributed by atoms with E-state index >= 15 is 0 Å². The molecule has 0 saturated carbocycles. The smallest absolute Gasteiger partial charge is 0.230 e. The molecule has 0 bridgehead atoms. The molecule has 1 aromatic carbocycles. The molecule has 1 heterocycles. The van der Waals surface area contributed by atoms with Crippen LogP contribution in [-0.2, 0) is 17.1 Å². The summed E-state index contributed by atoms with van der Waals surface area (Å²) >= 11 is 1.45. The minimum Gasteiger partial charge on any atom is -0.351 e. The van der Waals surface area contributed by atoms with Crippen molar-refractivity contribution in [3.63, 3.8) is 0 Å². The van der Waals surface area contributed by atoms with Gasteiger partial charge in [-0.05, 0) is 42.0 Å². The zero-order chi connectivity index (χ0) is 15.9. The molecule has 22 heavy (non-hydrogen) atoms. The molecule has 0 atom stereocenters. The molecule has 1 amide bonds. The predicted molar refractivity (Wildman–Crippen MR) is 82.6 cm³/mol. The molecule has 8 heteroatoms. The van der Waals surface area contributed by atoms with Gasteiger partial charge in [0.25, 0.3) is 0 Å². The average molecular weight is 323 g/mol. The SMILES string of the molecule is CC(C)n1nnnc1CSCC(=O)NCc1ccc(F)cc1. The Bertz CT molecular complexity index is 614. The lowest BCUT2D eigenvalue weighted by Crippen LogP contribution is -2.24. The number of hydrogen-bond acceptors (Lipinski definition) is 5. The number of hydrogen-bond donors (Lipinski definition) is 1. The van der Waals surface area contributed by atoms with Crippen molar-refractivity contribution in [2.45, 2.75) is 32.2 Å². The Morgan fingerprint density at radius 2 is 2.09 bits per heavy atom. The van der Waals surface area contributed by atoms with Crippen LogP contribution in [0, 0.1) is 5.82 Å². The van der Waals surface area contributed by atoms with Crippen LogP contribution in [0.1, 0.15) is 31.3 Å². The second-order valence-electron chi connectivity index (χ2n) is 5.03. The van der Waals surface area contributed by atoms with Crippen molar-refractivity contribution < 1.29 is 9.18 Å². The Hall–Kier alpha value is -1.96. The fourth-order valence-corrected chi connectivity index (χ4v) is 2.56. The van der Waals surface area contributed by atoms with E-state index in [4.69, 9.17) is 0 Å². The van der Waals surface area contributed by atoms with Crippen molar-refractivity contribution in [3.05, 3.63) is 41.5 Å². The Kier molecular flexibility index (Phi) is 5.88. The molecule has 6 nitrogen and oxygen atoms in total. The normalized spacial score (nSPS) is 10.9. The lowest BCUT2D eigenvalue weighted by atomic mass is 10.2. The standard InChI is InChI=1S/C14H18FN5OS/c1-10(2)20-13(17-18-19-20)8-22-9-14(21)16-7-11-3-5-12(15)6-4-11/h3-6,10H,7-9H2,1-2H3,(H,16,21). The molecule has 0 aliphatic heterocycles. The zero-order valence-electron chi connectivity index (χ0n) is 12.5. The second kappa shape index (κ2) is 7.88. The van der Waals surface area contributed by atoms with Crippen LogP contribution in [0.2, 0.25) is 0 Å². The zero-order valence-corrected chi connectivity index (χ0v) is 13.3. The van der Waals surface area contributed by atoms with Crippen LogP contribution in [0.15, 0.2) is 24.3 Å². The van der Waals surface area contributed by atoms with Crippen LogP contribution >= 0.6 is 11.8 Å². The van der Waals surface area contributed by atoms with Crippen molar-refractivity contribution in [2.75, 3.05) is 5.75 Å². The largest absolute Gasteiger partial charge is 0.351 e. The number of thioether (sulfide) groups is 1. The molecular formula is C14H18FN5OS. The summed E-state index contributed by atoms with van der Waals surface area (Å²) in [5.74, 6) is 1.30. The summed E-state index contributed by atoms with van der Waals surface area (Å²) in [5, 5.41) is 14.3. The monoisotopic (exact) mass is 323 g/mol. The highest BCUT2D eigenvalue weighted by Gasteiger charge is 2.10. The van der Waals surface area contributed by atoms with E-state index in [-0.39, 0.29) is 17.8 Å². The topological polar surface area (TPSA) is 72.7 Å². The second-order valence-corrected chi connectivity index (χ2v) is 6.02. The highest BCUT2D eigenvalue weighted by Crippen LogP contribution is 2.12. The number of benzene rings is 1. The summed E-state index contributed by atoms with van der Waals surface area (Å²) in [6, 6.07) is 6.25. The first-order valence-electron chi connectivity index (χ1n) is 6.92. The van der Waals surface area contributed by atoms with Crippen LogP contribution < -0.4 is 5.32 Å². The van der Waals surface area contributed by atoms with Gasteiger partial charge in [-0.25, -0.2) is 9.07 Å². The molecular weight excluding hydrogens is 305 g/mol. The molecule has 118 valence electrons. The first-order valence-corrected chi connectivity index (χ1v) is 8.07. The number of nitrogens with one attached hydrogen (secondary N) is 1. The fourth-order valence-electron chi connectivity index (χ4n) is 1.80. The van der Waals surface area contributed by atoms with Gasteiger partial charge in [0.05, 0.1) is 17.5 Å². The number of carbonyl (C=O) groups excluding carboxylic acids is 1. The van der Waals surface area contributed by atoms with Gasteiger partial charge in [-0.1, -0.05) is 12.1 Å². The van der Waals surface area contributed by atoms with E-state index in [0.29, 0.717) is 18.1 Å². The molecule has 0 aliphatic rings. The number of carbonyl (C=O) groups is 1. The number of amides is 1. The molecule has 2 aromatic rings. The fraction of sp³-hybridized carbons (Fsp3) is 0.429. The molecule has 0 fully saturated rings. The molecule has 0 aliphatic carbocycles. The van der Waals surface area contributed by atoms with E-state index in [9.17, 15) is 9.18 Å². The van der Waals surface area contributed by atoms with E-state index in [1.165, 1.54) is 23.9 Å². The third-order valence-corrected chi connectivity index (χ3v) is 3.85. The number of nitrogens with zero attached hydrogens (tertiary/aromatic N) is 4. The number of halogens is 1. The van der Waals surface area contributed by atoms with Gasteiger partial charge in [-0.15, -0.1) is 16.9 Å². The molecule has 2 rings (SSSR count). The molecule has 0 radical (unpaired) electrons. The highest BCUT2D eigenvalue weighted by molar-refractivity contribution is 7.99. The Morgan fingerprint density at radius 1 is 1.36 bits per heavy atom. The minimum absolute atomic E-state index is 0.0714. The van der Waals surface area contributed by atoms with Crippen molar-refractivity contribution in [3.8, 4) is 0 Å². The van der Waals surface area contributed by atoms with Gasteiger partial charge in [0.2, 0.25) is 5.91 Å². The summed E-state index contributed by atoms with van der Waals surface area (Å²) < 4.78 is 14.5. The predicted octanol–water partition coefficient (Wildman–Crippen LogP) is 1.94. The van der Waals surface area contributed by atoms with Crippen molar-refractivity contribution in [1.29, 1.82) is 0 Å². The first kappa shape index (κ1) is 16.4. The molecule has 0 unspecified atom stereocenters. The van der Waals surface area contributed by atoms with Gasteiger partial charge in [-0.3, -0.25) is 4.79 Å². The van der Waals surface area contributed by atoms with Crippen molar-refractivity contribution in [1.82, 2.24) is 25.5 Å². The quantitative estimate of drug-likeness (QED) is 0.843. The third-order valence-electron chi connectivity index (χ3n) is 2.92. The maximum Gasteiger partial charge on any atom is 0.230 e. The van der Waals surface area contributed by atoms with Gasteiger partial charge in [0.15, 0.2) is 5.82 Å². The number of aromatic nitrogens is 4. The van der Waals surface area contributed by atoms with E-state index in [1.54, 1.807) is 16.8 Å². The number of rotatable bonds is 7. The summed E-state index contributed by atoms with van der Waals surface area (Å²) in [4.78, 5) is 11.8. The average Bonchev–Trinajstić information content (AvgIpc) is 2.95. The van der Waals surface area contributed by atoms with E-state index < -0.39 is 0 Å². The highest BCUT2D eigenvalue weighted by atomic mass is 32.2. The third kappa shape index (κ3) is 4.80. The van der Waals surface area contributed by atoms with Gasteiger partial charge in [0, 0.05) is 6.54 Å². The minimum atomic E-state index is -0.284. The van der Waals surface area contributed by atoms with Crippen LogP contribution in [0.3, 0.4) is 0 Å². The van der Waals surface area contributed by atoms with Gasteiger partial charge in [-0.2, -0.15) is 0 Å². The van der Waals surface area contributed by atoms with E-state index in [2.05, 4.69) is 20.8 Å². The molecule has 0 spiro atoms. The van der Waals surface area contributed by atoms with Crippen LogP contribution in [-0.4, -0.2) is 31.9 Å². The summed E-state index contributed by atoms with van der Waals surface area (Å²) in [6.07, 6.45) is 0. The Balaban J connectivity index is 1.71. The molecule has 0 saturated heterocycles. The van der Waals surface area contributed by atoms with E-state index in [1.807, 2.05) is 13.8 Å². The van der Waals surface area contributed by atoms with E-state index in [0.717, 1.165) is 11.4 Å². The molecule has 1 aromatic heterocycles. The Morgan fingerprint density at radius 3 is 2.77 bits per heavy atom. The lowest BCUT2D eigenvalue weighted by Gasteiger charge is -2.08. The molecule has 1 N–H and O–H groups in total. The lowest BCUT2D eigenvalue weighted by molar-refractivity contribution is -0.118.